The molecular weight excluding hydrogens is 255 g/mol. The number of carbonyl (C=O) groups is 1. The van der Waals surface area contributed by atoms with Gasteiger partial charge in [-0.05, 0) is 31.5 Å². The molecule has 0 saturated carbocycles. The first-order valence-electron chi connectivity index (χ1n) is 5.42. The van der Waals surface area contributed by atoms with Crippen LogP contribution in [-0.2, 0) is 4.79 Å². The first-order valence-corrected chi connectivity index (χ1v) is 5.80. The highest BCUT2D eigenvalue weighted by Crippen LogP contribution is 2.33. The summed E-state index contributed by atoms with van der Waals surface area (Å²) in [7, 11) is 0. The normalized spacial score (nSPS) is 22.7. The number of hydrogen-bond donors (Lipinski definition) is 1. The van der Waals surface area contributed by atoms with Crippen LogP contribution in [0.5, 0.6) is 0 Å². The van der Waals surface area contributed by atoms with Gasteiger partial charge in [-0.25, -0.2) is 4.39 Å². The van der Waals surface area contributed by atoms with Crippen LogP contribution in [0.3, 0.4) is 0 Å². The number of amides is 1. The zero-order valence-corrected chi connectivity index (χ0v) is 10.3. The maximum absolute atomic E-state index is 13.3. The lowest BCUT2D eigenvalue weighted by Crippen LogP contribution is -2.37. The van der Waals surface area contributed by atoms with Crippen LogP contribution in [0.4, 0.5) is 10.1 Å². The summed E-state index contributed by atoms with van der Waals surface area (Å²) in [5.41, 5.74) is 5.57. The molecule has 0 aromatic heterocycles. The standard InChI is InChI=1S/C12H14ClFN2O.CH4/c1-12(11(15)17)4-5-16(7-12)8-2-3-9(13)10(14)6-8;/h2-3,6H,4-5,7H2,1H3,(H2,15,17);1H4/t12-;/m1./s1. The van der Waals surface area contributed by atoms with Crippen molar-refractivity contribution >= 4 is 23.2 Å². The number of hydrogen-bond acceptors (Lipinski definition) is 2. The van der Waals surface area contributed by atoms with E-state index in [0.717, 1.165) is 5.69 Å². The second-order valence-electron chi connectivity index (χ2n) is 4.69. The lowest BCUT2D eigenvalue weighted by Gasteiger charge is -2.22. The van der Waals surface area contributed by atoms with Crippen LogP contribution in [0.15, 0.2) is 18.2 Å². The third-order valence-corrected chi connectivity index (χ3v) is 3.64. The summed E-state index contributed by atoms with van der Waals surface area (Å²) >= 11 is 5.63. The minimum Gasteiger partial charge on any atom is -0.370 e. The van der Waals surface area contributed by atoms with Gasteiger partial charge in [-0.2, -0.15) is 0 Å². The van der Waals surface area contributed by atoms with Crippen LogP contribution >= 0.6 is 11.6 Å². The Balaban J connectivity index is 0.00000162. The Hall–Kier alpha value is -1.29. The van der Waals surface area contributed by atoms with E-state index in [-0.39, 0.29) is 18.4 Å². The quantitative estimate of drug-likeness (QED) is 0.900. The van der Waals surface area contributed by atoms with E-state index in [1.54, 1.807) is 6.07 Å². The maximum Gasteiger partial charge on any atom is 0.225 e. The van der Waals surface area contributed by atoms with Crippen molar-refractivity contribution in [3.05, 3.63) is 29.0 Å². The van der Waals surface area contributed by atoms with Crippen LogP contribution in [0.2, 0.25) is 5.02 Å². The fourth-order valence-electron chi connectivity index (χ4n) is 2.06. The van der Waals surface area contributed by atoms with Crippen LogP contribution in [0.25, 0.3) is 0 Å². The number of anilines is 1. The lowest BCUT2D eigenvalue weighted by molar-refractivity contribution is -0.125. The maximum atomic E-state index is 13.3. The van der Waals surface area contributed by atoms with Gasteiger partial charge in [-0.15, -0.1) is 0 Å². The van der Waals surface area contributed by atoms with Crippen LogP contribution < -0.4 is 10.6 Å². The van der Waals surface area contributed by atoms with Crippen LogP contribution in [0.1, 0.15) is 20.8 Å². The van der Waals surface area contributed by atoms with E-state index in [1.807, 2.05) is 11.8 Å². The van der Waals surface area contributed by atoms with Gasteiger partial charge in [0.05, 0.1) is 10.4 Å². The number of nitrogens with zero attached hydrogens (tertiary/aromatic N) is 1. The summed E-state index contributed by atoms with van der Waals surface area (Å²) in [5.74, 6) is -0.758. The second kappa shape index (κ2) is 5.14. The monoisotopic (exact) mass is 272 g/mol. The molecule has 0 aliphatic carbocycles. The Morgan fingerprint density at radius 1 is 1.56 bits per heavy atom. The number of rotatable bonds is 2. The number of carbonyl (C=O) groups excluding carboxylic acids is 1. The molecule has 0 spiro atoms. The largest absolute Gasteiger partial charge is 0.370 e. The van der Waals surface area contributed by atoms with Gasteiger partial charge in [-0.3, -0.25) is 4.79 Å². The average Bonchev–Trinajstić information content (AvgIpc) is 2.67. The van der Waals surface area contributed by atoms with Crippen molar-refractivity contribution in [2.75, 3.05) is 18.0 Å². The minimum absolute atomic E-state index is 0. The Morgan fingerprint density at radius 3 is 2.72 bits per heavy atom. The second-order valence-corrected chi connectivity index (χ2v) is 5.10. The Labute approximate surface area is 112 Å². The summed E-state index contributed by atoms with van der Waals surface area (Å²) in [6.45, 7) is 3.05. The topological polar surface area (TPSA) is 46.3 Å². The van der Waals surface area contributed by atoms with Crippen LogP contribution in [-0.4, -0.2) is 19.0 Å². The van der Waals surface area contributed by atoms with Crippen LogP contribution in [0, 0.1) is 11.2 Å². The van der Waals surface area contributed by atoms with Gasteiger partial charge >= 0.3 is 0 Å². The molecule has 0 unspecified atom stereocenters. The molecule has 1 aromatic carbocycles. The Bertz CT molecular complexity index is 466. The summed E-state index contributed by atoms with van der Waals surface area (Å²) in [6, 6.07) is 4.65. The molecule has 1 aliphatic heterocycles. The molecule has 1 atom stereocenters. The fraction of sp³-hybridized carbons (Fsp3) is 0.462. The predicted molar refractivity (Wildman–Crippen MR) is 72.3 cm³/mol. The van der Waals surface area contributed by atoms with Crippen molar-refractivity contribution in [2.45, 2.75) is 20.8 Å². The van der Waals surface area contributed by atoms with E-state index in [4.69, 9.17) is 17.3 Å². The van der Waals surface area contributed by atoms with Crippen molar-refractivity contribution in [3.63, 3.8) is 0 Å². The number of nitrogens with two attached hydrogens (primary N) is 1. The molecule has 1 saturated heterocycles. The predicted octanol–water partition coefficient (Wildman–Crippen LogP) is 2.82. The highest BCUT2D eigenvalue weighted by molar-refractivity contribution is 6.30. The van der Waals surface area contributed by atoms with Gasteiger partial charge in [0.25, 0.3) is 0 Å². The molecule has 2 rings (SSSR count). The molecule has 3 nitrogen and oxygen atoms in total. The fourth-order valence-corrected chi connectivity index (χ4v) is 2.18. The number of halogens is 2. The van der Waals surface area contributed by atoms with Gasteiger partial charge < -0.3 is 10.6 Å². The Morgan fingerprint density at radius 2 is 2.22 bits per heavy atom. The van der Waals surface area contributed by atoms with Gasteiger partial charge in [0.2, 0.25) is 5.91 Å². The van der Waals surface area contributed by atoms with E-state index in [2.05, 4.69) is 0 Å². The highest BCUT2D eigenvalue weighted by Gasteiger charge is 2.38. The zero-order chi connectivity index (χ0) is 12.6. The van der Waals surface area contributed by atoms with E-state index < -0.39 is 11.2 Å². The molecule has 1 heterocycles. The molecule has 1 fully saturated rings. The van der Waals surface area contributed by atoms with E-state index in [1.165, 1.54) is 12.1 Å². The van der Waals surface area contributed by atoms with Gasteiger partial charge in [0, 0.05) is 18.8 Å². The average molecular weight is 273 g/mol. The summed E-state index contributed by atoms with van der Waals surface area (Å²) in [6.07, 6.45) is 0.687. The highest BCUT2D eigenvalue weighted by atomic mass is 35.5. The van der Waals surface area contributed by atoms with Gasteiger partial charge in [0.1, 0.15) is 5.82 Å². The molecule has 2 N–H and O–H groups in total. The molecule has 1 amide bonds. The third-order valence-electron chi connectivity index (χ3n) is 3.34. The minimum atomic E-state index is -0.532. The van der Waals surface area contributed by atoms with Gasteiger partial charge in [0.15, 0.2) is 0 Å². The summed E-state index contributed by atoms with van der Waals surface area (Å²) in [5, 5.41) is 0.102. The molecule has 1 aliphatic rings. The molecule has 0 radical (unpaired) electrons. The molecule has 5 heteroatoms. The van der Waals surface area contributed by atoms with Crippen molar-refractivity contribution in [1.29, 1.82) is 0 Å². The number of benzene rings is 1. The lowest BCUT2D eigenvalue weighted by atomic mass is 9.89. The van der Waals surface area contributed by atoms with Crippen molar-refractivity contribution < 1.29 is 9.18 Å². The molecule has 1 aromatic rings. The third kappa shape index (κ3) is 2.58. The van der Waals surface area contributed by atoms with Crippen molar-refractivity contribution in [3.8, 4) is 0 Å². The summed E-state index contributed by atoms with van der Waals surface area (Å²) in [4.78, 5) is 13.3. The van der Waals surface area contributed by atoms with E-state index in [9.17, 15) is 9.18 Å². The molecule has 100 valence electrons. The molecule has 18 heavy (non-hydrogen) atoms. The van der Waals surface area contributed by atoms with E-state index in [0.29, 0.717) is 19.5 Å². The molecule has 0 bridgehead atoms. The van der Waals surface area contributed by atoms with E-state index >= 15 is 0 Å². The first-order chi connectivity index (χ1) is 7.92. The smallest absolute Gasteiger partial charge is 0.225 e. The SMILES string of the molecule is C.C[C@@]1(C(N)=O)CCN(c2ccc(Cl)c(F)c2)C1. The first kappa shape index (κ1) is 14.8. The van der Waals surface area contributed by atoms with Crippen molar-refractivity contribution in [1.82, 2.24) is 0 Å². The molecular formula is C13H18ClFN2O. The zero-order valence-electron chi connectivity index (χ0n) is 9.54. The Kier molecular flexibility index (Phi) is 4.22. The van der Waals surface area contributed by atoms with Crippen molar-refractivity contribution in [2.24, 2.45) is 11.1 Å². The van der Waals surface area contributed by atoms with Gasteiger partial charge in [-0.1, -0.05) is 19.0 Å². The summed E-state index contributed by atoms with van der Waals surface area (Å²) < 4.78 is 13.3. The number of primary amides is 1.